The minimum atomic E-state index is -3.12. The van der Waals surface area contributed by atoms with Crippen LogP contribution in [0.15, 0.2) is 11.6 Å². The van der Waals surface area contributed by atoms with Crippen molar-refractivity contribution in [1.82, 2.24) is 0 Å². The van der Waals surface area contributed by atoms with E-state index in [9.17, 15) is 23.5 Å². The zero-order valence-electron chi connectivity index (χ0n) is 24.6. The number of hydrogen-bond donors (Lipinski definition) is 1. The van der Waals surface area contributed by atoms with E-state index in [1.54, 1.807) is 0 Å². The number of hydrogen-bond acceptors (Lipinski definition) is 5. The summed E-state index contributed by atoms with van der Waals surface area (Å²) >= 11 is 4.04. The van der Waals surface area contributed by atoms with Crippen molar-refractivity contribution in [1.29, 1.82) is 0 Å². The van der Waals surface area contributed by atoms with E-state index >= 15 is 0 Å². The maximum Gasteiger partial charge on any atom is 0.302 e. The first kappa shape index (κ1) is 30.9. The Kier molecular flexibility index (Phi) is 8.46. The molecule has 0 aliphatic heterocycles. The fourth-order valence-corrected chi connectivity index (χ4v) is 10.2. The van der Waals surface area contributed by atoms with Gasteiger partial charge < -0.3 is 14.6 Å². The lowest BCUT2D eigenvalue weighted by Crippen LogP contribution is -2.59. The number of rotatable bonds is 7. The maximum atomic E-state index is 14.6. The fourth-order valence-electron chi connectivity index (χ4n) is 9.19. The second-order valence-electron chi connectivity index (χ2n) is 14.0. The summed E-state index contributed by atoms with van der Waals surface area (Å²) in [6, 6.07) is 0. The SMILES string of the molecule is CC(=O)O[C@@H]1CC2=CC(Br)[C@H]3[C@@H]4CC[C@H]([C@H](C)CCC(F)(F)C(C)(C)O)[C@@]4(C)CC[C@@H]3[C@@]2(C)[C@@H](OC(C)=O)C1. The molecule has 8 heteroatoms. The van der Waals surface area contributed by atoms with Crippen LogP contribution >= 0.6 is 15.9 Å². The number of fused-ring (bicyclic) bond motifs is 5. The average molecular weight is 618 g/mol. The molecule has 4 rings (SSSR count). The Morgan fingerprint density at radius 1 is 1.13 bits per heavy atom. The summed E-state index contributed by atoms with van der Waals surface area (Å²) in [5, 5.41) is 9.96. The summed E-state index contributed by atoms with van der Waals surface area (Å²) in [5.74, 6) is -2.20. The molecule has 0 bridgehead atoms. The number of carbonyl (C=O) groups is 2. The van der Waals surface area contributed by atoms with Gasteiger partial charge in [-0.05, 0) is 81.0 Å². The van der Waals surface area contributed by atoms with Gasteiger partial charge in [0.1, 0.15) is 17.8 Å². The molecule has 0 radical (unpaired) electrons. The topological polar surface area (TPSA) is 72.8 Å². The van der Waals surface area contributed by atoms with E-state index in [4.69, 9.17) is 9.47 Å². The van der Waals surface area contributed by atoms with Crippen molar-refractivity contribution in [3.63, 3.8) is 0 Å². The molecule has 1 unspecified atom stereocenters. The summed E-state index contributed by atoms with van der Waals surface area (Å²) in [6.07, 6.45) is 6.93. The summed E-state index contributed by atoms with van der Waals surface area (Å²) in [5.41, 5.74) is -1.11. The van der Waals surface area contributed by atoms with E-state index < -0.39 is 11.5 Å². The van der Waals surface area contributed by atoms with Gasteiger partial charge in [0.05, 0.1) is 0 Å². The molecule has 0 heterocycles. The third-order valence-electron chi connectivity index (χ3n) is 11.3. The van der Waals surface area contributed by atoms with Gasteiger partial charge in [0.25, 0.3) is 5.92 Å². The predicted molar refractivity (Wildman–Crippen MR) is 149 cm³/mol. The van der Waals surface area contributed by atoms with Gasteiger partial charge in [-0.2, -0.15) is 0 Å². The molecule has 222 valence electrons. The standard InChI is InChI=1S/C31H47BrF2O5/c1-17(10-13-31(33,34)28(4,5)37)22-8-9-23-27-24(11-12-29(22,23)6)30(7)20(15-25(27)32)14-21(38-18(2)35)16-26(30)39-19(3)36/h15,17,21-27,37H,8-14,16H2,1-7H3/t17-,21-,22-,23+,24+,25?,26+,27+,29-,30+/m1/s1. The highest BCUT2D eigenvalue weighted by molar-refractivity contribution is 9.09. The fraction of sp³-hybridized carbons (Fsp3) is 0.871. The molecular weight excluding hydrogens is 570 g/mol. The van der Waals surface area contributed by atoms with Crippen LogP contribution in [0.3, 0.4) is 0 Å². The van der Waals surface area contributed by atoms with Gasteiger partial charge in [-0.3, -0.25) is 9.59 Å². The number of halogens is 3. The molecule has 3 fully saturated rings. The van der Waals surface area contributed by atoms with Crippen molar-refractivity contribution < 1.29 is 33.0 Å². The summed E-state index contributed by atoms with van der Waals surface area (Å²) in [4.78, 5) is 24.1. The minimum absolute atomic E-state index is 0.0458. The highest BCUT2D eigenvalue weighted by Gasteiger charge is 2.63. The van der Waals surface area contributed by atoms with Crippen molar-refractivity contribution in [2.75, 3.05) is 0 Å². The van der Waals surface area contributed by atoms with Crippen molar-refractivity contribution in [2.45, 2.75) is 128 Å². The molecule has 0 aromatic rings. The third-order valence-corrected chi connectivity index (χ3v) is 12.2. The molecule has 39 heavy (non-hydrogen) atoms. The molecule has 4 aliphatic rings. The largest absolute Gasteiger partial charge is 0.462 e. The lowest BCUT2D eigenvalue weighted by molar-refractivity contribution is -0.172. The Labute approximate surface area is 241 Å². The number of alkyl halides is 3. The summed E-state index contributed by atoms with van der Waals surface area (Å²) in [7, 11) is 0. The van der Waals surface area contributed by atoms with Crippen LogP contribution < -0.4 is 0 Å². The van der Waals surface area contributed by atoms with Crippen LogP contribution in [-0.4, -0.2) is 45.6 Å². The normalized spacial score (nSPS) is 41.0. The highest BCUT2D eigenvalue weighted by atomic mass is 79.9. The number of carbonyl (C=O) groups excluding carboxylic acids is 2. The molecule has 10 atom stereocenters. The van der Waals surface area contributed by atoms with Gasteiger partial charge in [0.2, 0.25) is 0 Å². The van der Waals surface area contributed by atoms with Crippen LogP contribution in [0.2, 0.25) is 0 Å². The maximum absolute atomic E-state index is 14.6. The Morgan fingerprint density at radius 3 is 2.36 bits per heavy atom. The van der Waals surface area contributed by atoms with Crippen LogP contribution in [0.4, 0.5) is 8.78 Å². The Balaban J connectivity index is 1.59. The van der Waals surface area contributed by atoms with E-state index in [-0.39, 0.29) is 52.1 Å². The Hall–Kier alpha value is -1.02. The van der Waals surface area contributed by atoms with Crippen LogP contribution in [0, 0.1) is 40.4 Å². The Morgan fingerprint density at radius 2 is 1.77 bits per heavy atom. The monoisotopic (exact) mass is 616 g/mol. The molecule has 4 aliphatic carbocycles. The molecule has 3 saturated carbocycles. The molecule has 5 nitrogen and oxygen atoms in total. The first-order valence-corrected chi connectivity index (χ1v) is 15.6. The van der Waals surface area contributed by atoms with Crippen molar-refractivity contribution in [3.8, 4) is 0 Å². The first-order chi connectivity index (χ1) is 17.9. The van der Waals surface area contributed by atoms with Gasteiger partial charge >= 0.3 is 11.9 Å². The molecule has 0 spiro atoms. The van der Waals surface area contributed by atoms with Gasteiger partial charge in [-0.15, -0.1) is 0 Å². The predicted octanol–water partition coefficient (Wildman–Crippen LogP) is 7.23. The average Bonchev–Trinajstić information content (AvgIpc) is 3.15. The molecule has 0 aromatic carbocycles. The number of ether oxygens (including phenoxy) is 2. The van der Waals surface area contributed by atoms with Gasteiger partial charge in [0.15, 0.2) is 0 Å². The van der Waals surface area contributed by atoms with Gasteiger partial charge in [0, 0.05) is 43.4 Å². The van der Waals surface area contributed by atoms with E-state index in [0.29, 0.717) is 42.9 Å². The van der Waals surface area contributed by atoms with Crippen LogP contribution in [-0.2, 0) is 19.1 Å². The van der Waals surface area contributed by atoms with Crippen molar-refractivity contribution in [2.24, 2.45) is 40.4 Å². The summed E-state index contributed by atoms with van der Waals surface area (Å²) in [6.45, 7) is 12.0. The molecule has 0 amide bonds. The van der Waals surface area contributed by atoms with Gasteiger partial charge in [-0.25, -0.2) is 8.78 Å². The van der Waals surface area contributed by atoms with E-state index in [1.807, 2.05) is 0 Å². The molecule has 1 N–H and O–H groups in total. The lowest BCUT2D eigenvalue weighted by atomic mass is 9.46. The second kappa shape index (κ2) is 10.7. The molecular formula is C31H47BrF2O5. The van der Waals surface area contributed by atoms with Gasteiger partial charge in [-0.1, -0.05) is 48.4 Å². The zero-order valence-corrected chi connectivity index (χ0v) is 26.2. The minimum Gasteiger partial charge on any atom is -0.462 e. The number of esters is 2. The van der Waals surface area contributed by atoms with Crippen LogP contribution in [0.5, 0.6) is 0 Å². The summed E-state index contributed by atoms with van der Waals surface area (Å²) < 4.78 is 40.7. The van der Waals surface area contributed by atoms with Crippen LogP contribution in [0.1, 0.15) is 99.8 Å². The van der Waals surface area contributed by atoms with Crippen LogP contribution in [0.25, 0.3) is 0 Å². The van der Waals surface area contributed by atoms with Crippen molar-refractivity contribution >= 4 is 27.9 Å². The number of allylic oxidation sites excluding steroid dienone is 1. The first-order valence-electron chi connectivity index (χ1n) is 14.7. The van der Waals surface area contributed by atoms with Crippen molar-refractivity contribution in [3.05, 3.63) is 11.6 Å². The Bertz CT molecular complexity index is 992. The quantitative estimate of drug-likeness (QED) is 0.185. The lowest BCUT2D eigenvalue weighted by Gasteiger charge is -2.61. The number of aliphatic hydroxyl groups is 1. The van der Waals surface area contributed by atoms with E-state index in [2.05, 4.69) is 42.8 Å². The highest BCUT2D eigenvalue weighted by Crippen LogP contribution is 2.68. The zero-order chi connectivity index (χ0) is 29.1. The third kappa shape index (κ3) is 5.47. The van der Waals surface area contributed by atoms with E-state index in [1.165, 1.54) is 33.3 Å². The second-order valence-corrected chi connectivity index (χ2v) is 15.0. The molecule has 0 saturated heterocycles. The van der Waals surface area contributed by atoms with E-state index in [0.717, 1.165) is 25.7 Å². The smallest absolute Gasteiger partial charge is 0.302 e. The molecule has 0 aromatic heterocycles.